The van der Waals surface area contributed by atoms with Gasteiger partial charge in [-0.2, -0.15) is 5.10 Å². The minimum absolute atomic E-state index is 0.000639. The van der Waals surface area contributed by atoms with Crippen molar-refractivity contribution in [2.24, 2.45) is 18.4 Å². The summed E-state index contributed by atoms with van der Waals surface area (Å²) in [7, 11) is 1.85. The van der Waals surface area contributed by atoms with E-state index in [1.165, 1.54) is 0 Å². The SMILES string of the molecule is Cn1cc(CNC(=O)C2CCN(C(=O)C(C)(C)C)CC2)cn1. The predicted molar refractivity (Wildman–Crippen MR) is 83.8 cm³/mol. The lowest BCUT2D eigenvalue weighted by molar-refractivity contribution is -0.142. The van der Waals surface area contributed by atoms with Crippen molar-refractivity contribution in [3.63, 3.8) is 0 Å². The Kier molecular flexibility index (Phi) is 4.88. The maximum Gasteiger partial charge on any atom is 0.227 e. The van der Waals surface area contributed by atoms with E-state index >= 15 is 0 Å². The van der Waals surface area contributed by atoms with Gasteiger partial charge < -0.3 is 10.2 Å². The van der Waals surface area contributed by atoms with E-state index in [1.54, 1.807) is 10.9 Å². The average molecular weight is 306 g/mol. The molecule has 1 saturated heterocycles. The van der Waals surface area contributed by atoms with Gasteiger partial charge in [0.25, 0.3) is 0 Å². The predicted octanol–water partition coefficient (Wildman–Crippen LogP) is 1.32. The number of hydrogen-bond acceptors (Lipinski definition) is 3. The first-order chi connectivity index (χ1) is 10.3. The molecule has 0 unspecified atom stereocenters. The maximum atomic E-state index is 12.2. The summed E-state index contributed by atoms with van der Waals surface area (Å²) < 4.78 is 1.72. The van der Waals surface area contributed by atoms with Gasteiger partial charge in [-0.05, 0) is 12.8 Å². The molecular formula is C16H26N4O2. The van der Waals surface area contributed by atoms with Crippen molar-refractivity contribution in [3.05, 3.63) is 18.0 Å². The van der Waals surface area contributed by atoms with Gasteiger partial charge in [0.1, 0.15) is 0 Å². The van der Waals surface area contributed by atoms with Crippen molar-refractivity contribution in [2.45, 2.75) is 40.2 Å². The summed E-state index contributed by atoms with van der Waals surface area (Å²) in [5.41, 5.74) is 0.645. The van der Waals surface area contributed by atoms with E-state index in [0.29, 0.717) is 19.6 Å². The Morgan fingerprint density at radius 2 is 1.95 bits per heavy atom. The van der Waals surface area contributed by atoms with Gasteiger partial charge in [-0.15, -0.1) is 0 Å². The Morgan fingerprint density at radius 1 is 1.32 bits per heavy atom. The van der Waals surface area contributed by atoms with Crippen LogP contribution in [0.4, 0.5) is 0 Å². The summed E-state index contributed by atoms with van der Waals surface area (Å²) in [6.07, 6.45) is 5.12. The summed E-state index contributed by atoms with van der Waals surface area (Å²) in [6, 6.07) is 0. The largest absolute Gasteiger partial charge is 0.352 e. The monoisotopic (exact) mass is 306 g/mol. The summed E-state index contributed by atoms with van der Waals surface area (Å²) in [5.74, 6) is 0.245. The van der Waals surface area contributed by atoms with Gasteiger partial charge in [-0.1, -0.05) is 20.8 Å². The van der Waals surface area contributed by atoms with Crippen LogP contribution in [0.15, 0.2) is 12.4 Å². The molecule has 2 amide bonds. The number of likely N-dealkylation sites (tertiary alicyclic amines) is 1. The first-order valence-electron chi connectivity index (χ1n) is 7.82. The molecule has 22 heavy (non-hydrogen) atoms. The third kappa shape index (κ3) is 4.08. The quantitative estimate of drug-likeness (QED) is 0.916. The number of aromatic nitrogens is 2. The molecule has 0 bridgehead atoms. The van der Waals surface area contributed by atoms with E-state index in [1.807, 2.05) is 38.9 Å². The third-order valence-electron chi connectivity index (χ3n) is 4.02. The van der Waals surface area contributed by atoms with Gasteiger partial charge in [0.2, 0.25) is 11.8 Å². The van der Waals surface area contributed by atoms with Crippen LogP contribution in [-0.2, 0) is 23.2 Å². The molecule has 1 fully saturated rings. The van der Waals surface area contributed by atoms with E-state index in [2.05, 4.69) is 10.4 Å². The topological polar surface area (TPSA) is 67.2 Å². The van der Waals surface area contributed by atoms with Crippen LogP contribution in [-0.4, -0.2) is 39.6 Å². The summed E-state index contributed by atoms with van der Waals surface area (Å²) in [4.78, 5) is 26.3. The highest BCUT2D eigenvalue weighted by Gasteiger charge is 2.32. The van der Waals surface area contributed by atoms with E-state index in [-0.39, 0.29) is 23.1 Å². The Balaban J connectivity index is 1.79. The number of amides is 2. The van der Waals surface area contributed by atoms with E-state index in [4.69, 9.17) is 0 Å². The van der Waals surface area contributed by atoms with Gasteiger partial charge in [0, 0.05) is 49.8 Å². The fraction of sp³-hybridized carbons (Fsp3) is 0.688. The molecule has 0 saturated carbocycles. The molecule has 1 aromatic heterocycles. The molecule has 2 heterocycles. The van der Waals surface area contributed by atoms with Crippen LogP contribution in [0.25, 0.3) is 0 Å². The molecule has 2 rings (SSSR count). The van der Waals surface area contributed by atoms with Crippen molar-refractivity contribution >= 4 is 11.8 Å². The highest BCUT2D eigenvalue weighted by atomic mass is 16.2. The van der Waals surface area contributed by atoms with Crippen LogP contribution in [0.5, 0.6) is 0 Å². The summed E-state index contributed by atoms with van der Waals surface area (Å²) in [6.45, 7) is 7.64. The summed E-state index contributed by atoms with van der Waals surface area (Å²) >= 11 is 0. The molecular weight excluding hydrogens is 280 g/mol. The molecule has 0 aliphatic carbocycles. The van der Waals surface area contributed by atoms with E-state index < -0.39 is 0 Å². The minimum Gasteiger partial charge on any atom is -0.352 e. The van der Waals surface area contributed by atoms with Crippen molar-refractivity contribution in [2.75, 3.05) is 13.1 Å². The number of hydrogen-bond donors (Lipinski definition) is 1. The standard InChI is InChI=1S/C16H26N4O2/c1-16(2,3)15(22)20-7-5-13(6-8-20)14(21)17-9-12-10-18-19(4)11-12/h10-11,13H,5-9H2,1-4H3,(H,17,21). The summed E-state index contributed by atoms with van der Waals surface area (Å²) in [5, 5.41) is 7.04. The van der Waals surface area contributed by atoms with Gasteiger partial charge >= 0.3 is 0 Å². The smallest absolute Gasteiger partial charge is 0.227 e. The number of aryl methyl sites for hydroxylation is 1. The van der Waals surface area contributed by atoms with Crippen LogP contribution >= 0.6 is 0 Å². The number of carbonyl (C=O) groups excluding carboxylic acids is 2. The Morgan fingerprint density at radius 3 is 2.45 bits per heavy atom. The van der Waals surface area contributed by atoms with Gasteiger partial charge in [0.05, 0.1) is 6.20 Å². The van der Waals surface area contributed by atoms with Gasteiger partial charge in [-0.25, -0.2) is 0 Å². The lowest BCUT2D eigenvalue weighted by Gasteiger charge is -2.35. The van der Waals surface area contributed by atoms with Crippen molar-refractivity contribution < 1.29 is 9.59 Å². The van der Waals surface area contributed by atoms with Crippen LogP contribution < -0.4 is 5.32 Å². The number of piperidine rings is 1. The van der Waals surface area contributed by atoms with Crippen molar-refractivity contribution in [1.82, 2.24) is 20.0 Å². The highest BCUT2D eigenvalue weighted by molar-refractivity contribution is 5.82. The second-order valence-electron chi connectivity index (χ2n) is 7.06. The minimum atomic E-state index is -0.352. The first kappa shape index (κ1) is 16.5. The van der Waals surface area contributed by atoms with Crippen LogP contribution in [0, 0.1) is 11.3 Å². The van der Waals surface area contributed by atoms with Crippen LogP contribution in [0.2, 0.25) is 0 Å². The molecule has 1 aliphatic rings. The second-order valence-corrected chi connectivity index (χ2v) is 7.06. The lowest BCUT2D eigenvalue weighted by Crippen LogP contribution is -2.46. The fourth-order valence-electron chi connectivity index (χ4n) is 2.72. The molecule has 6 heteroatoms. The zero-order chi connectivity index (χ0) is 16.3. The van der Waals surface area contributed by atoms with Crippen molar-refractivity contribution in [3.8, 4) is 0 Å². The van der Waals surface area contributed by atoms with Crippen LogP contribution in [0.1, 0.15) is 39.2 Å². The molecule has 0 radical (unpaired) electrons. The van der Waals surface area contributed by atoms with E-state index in [9.17, 15) is 9.59 Å². The van der Waals surface area contributed by atoms with Gasteiger partial charge in [0.15, 0.2) is 0 Å². The van der Waals surface area contributed by atoms with Gasteiger partial charge in [-0.3, -0.25) is 14.3 Å². The Bertz CT molecular complexity index is 537. The number of nitrogens with one attached hydrogen (secondary N) is 1. The highest BCUT2D eigenvalue weighted by Crippen LogP contribution is 2.23. The number of rotatable bonds is 3. The maximum absolute atomic E-state index is 12.2. The Hall–Kier alpha value is -1.85. The number of nitrogens with zero attached hydrogens (tertiary/aromatic N) is 3. The second kappa shape index (κ2) is 6.50. The zero-order valence-corrected chi connectivity index (χ0v) is 13.9. The zero-order valence-electron chi connectivity index (χ0n) is 13.9. The third-order valence-corrected chi connectivity index (χ3v) is 4.02. The average Bonchev–Trinajstić information content (AvgIpc) is 2.89. The van der Waals surface area contributed by atoms with Crippen LogP contribution in [0.3, 0.4) is 0 Å². The molecule has 1 aromatic rings. The molecule has 122 valence electrons. The van der Waals surface area contributed by atoms with Crippen molar-refractivity contribution in [1.29, 1.82) is 0 Å². The first-order valence-corrected chi connectivity index (χ1v) is 7.82. The molecule has 1 N–H and O–H groups in total. The molecule has 6 nitrogen and oxygen atoms in total. The molecule has 0 atom stereocenters. The molecule has 0 spiro atoms. The normalized spacial score (nSPS) is 16.6. The lowest BCUT2D eigenvalue weighted by atomic mass is 9.90. The Labute approximate surface area is 131 Å². The van der Waals surface area contributed by atoms with E-state index in [0.717, 1.165) is 18.4 Å². The fourth-order valence-corrected chi connectivity index (χ4v) is 2.72. The molecule has 0 aromatic carbocycles. The molecule has 1 aliphatic heterocycles. The number of carbonyl (C=O) groups is 2.